The van der Waals surface area contributed by atoms with Crippen molar-refractivity contribution in [3.05, 3.63) is 81.8 Å². The van der Waals surface area contributed by atoms with Crippen LogP contribution in [0.5, 0.6) is 11.5 Å². The van der Waals surface area contributed by atoms with Crippen LogP contribution in [0.15, 0.2) is 65.1 Å². The fraction of sp³-hybridized carbons (Fsp3) is 0.240. The van der Waals surface area contributed by atoms with Crippen LogP contribution in [0.25, 0.3) is 0 Å². The van der Waals surface area contributed by atoms with Gasteiger partial charge in [-0.25, -0.2) is 0 Å². The number of hydrogen-bond acceptors (Lipinski definition) is 4. The van der Waals surface area contributed by atoms with E-state index in [1.165, 1.54) is 5.56 Å². The van der Waals surface area contributed by atoms with E-state index in [9.17, 15) is 4.79 Å². The van der Waals surface area contributed by atoms with Gasteiger partial charge < -0.3 is 20.1 Å². The molecule has 0 heterocycles. The zero-order valence-electron chi connectivity index (χ0n) is 18.0. The summed E-state index contributed by atoms with van der Waals surface area (Å²) in [5.41, 5.74) is 5.18. The molecule has 0 aliphatic rings. The minimum absolute atomic E-state index is 0.118. The number of amides is 1. The van der Waals surface area contributed by atoms with Gasteiger partial charge in [-0.2, -0.15) is 0 Å². The van der Waals surface area contributed by atoms with Crippen molar-refractivity contribution in [2.24, 2.45) is 0 Å². The predicted octanol–water partition coefficient (Wildman–Crippen LogP) is 6.09. The Morgan fingerprint density at radius 3 is 2.13 bits per heavy atom. The van der Waals surface area contributed by atoms with Crippen molar-refractivity contribution < 1.29 is 14.3 Å². The topological polar surface area (TPSA) is 59.6 Å². The van der Waals surface area contributed by atoms with Gasteiger partial charge in [-0.05, 0) is 78.7 Å². The molecular formula is C25H27BrN2O3. The second-order valence-corrected chi connectivity index (χ2v) is 8.11. The Morgan fingerprint density at radius 1 is 0.903 bits per heavy atom. The van der Waals surface area contributed by atoms with Crippen molar-refractivity contribution in [2.45, 2.75) is 27.3 Å². The molecule has 0 fully saturated rings. The molecule has 162 valence electrons. The zero-order valence-corrected chi connectivity index (χ0v) is 19.6. The van der Waals surface area contributed by atoms with Crippen molar-refractivity contribution in [3.8, 4) is 11.5 Å². The molecule has 0 aromatic heterocycles. The number of anilines is 2. The van der Waals surface area contributed by atoms with E-state index in [1.807, 2.05) is 50.2 Å². The molecule has 0 aliphatic carbocycles. The lowest BCUT2D eigenvalue weighted by Gasteiger charge is -2.16. The first-order valence-corrected chi connectivity index (χ1v) is 11.0. The van der Waals surface area contributed by atoms with Crippen molar-refractivity contribution >= 4 is 33.2 Å². The van der Waals surface area contributed by atoms with Crippen LogP contribution in [0.2, 0.25) is 0 Å². The quantitative estimate of drug-likeness (QED) is 0.387. The third-order valence-electron chi connectivity index (χ3n) is 4.60. The molecule has 31 heavy (non-hydrogen) atoms. The Hall–Kier alpha value is -2.99. The molecule has 3 aromatic carbocycles. The van der Waals surface area contributed by atoms with E-state index >= 15 is 0 Å². The van der Waals surface area contributed by atoms with E-state index in [1.54, 1.807) is 0 Å². The van der Waals surface area contributed by atoms with Crippen LogP contribution in [0.4, 0.5) is 11.4 Å². The van der Waals surface area contributed by atoms with E-state index < -0.39 is 0 Å². The lowest BCUT2D eigenvalue weighted by Crippen LogP contribution is -2.20. The second-order valence-electron chi connectivity index (χ2n) is 7.26. The number of carbonyl (C=O) groups is 1. The maximum absolute atomic E-state index is 12.3. The normalized spacial score (nSPS) is 10.5. The average molecular weight is 483 g/mol. The number of ether oxygens (including phenoxy) is 2. The number of nitrogens with one attached hydrogen (secondary N) is 2. The maximum atomic E-state index is 12.3. The molecule has 3 aromatic rings. The average Bonchev–Trinajstić information content (AvgIpc) is 2.74. The molecule has 0 saturated heterocycles. The summed E-state index contributed by atoms with van der Waals surface area (Å²) in [7, 11) is 0. The van der Waals surface area contributed by atoms with Crippen LogP contribution in [0.3, 0.4) is 0 Å². The van der Waals surface area contributed by atoms with Gasteiger partial charge in [0, 0.05) is 17.9 Å². The van der Waals surface area contributed by atoms with Crippen LogP contribution in [-0.4, -0.2) is 19.1 Å². The fourth-order valence-corrected chi connectivity index (χ4v) is 3.58. The highest BCUT2D eigenvalue weighted by atomic mass is 79.9. The number of aryl methyl sites for hydroxylation is 2. The van der Waals surface area contributed by atoms with Crippen LogP contribution in [0.1, 0.15) is 23.6 Å². The molecule has 5 nitrogen and oxygen atoms in total. The lowest BCUT2D eigenvalue weighted by atomic mass is 10.2. The molecule has 1 amide bonds. The Morgan fingerprint density at radius 2 is 1.52 bits per heavy atom. The van der Waals surface area contributed by atoms with Crippen molar-refractivity contribution in [1.82, 2.24) is 0 Å². The molecule has 2 N–H and O–H groups in total. The van der Waals surface area contributed by atoms with Gasteiger partial charge in [-0.3, -0.25) is 4.79 Å². The van der Waals surface area contributed by atoms with Gasteiger partial charge in [0.05, 0.1) is 11.1 Å². The van der Waals surface area contributed by atoms with Gasteiger partial charge in [0.15, 0.2) is 18.1 Å². The summed E-state index contributed by atoms with van der Waals surface area (Å²) in [5, 5.41) is 6.24. The SMILES string of the molecule is CCOc1cc(CNc2ccc(C)cc2)cc(Br)c1OCC(=O)Nc1ccc(C)cc1. The van der Waals surface area contributed by atoms with Crippen molar-refractivity contribution in [2.75, 3.05) is 23.8 Å². The number of benzene rings is 3. The number of hydrogen-bond donors (Lipinski definition) is 2. The van der Waals surface area contributed by atoms with Crippen molar-refractivity contribution in [1.29, 1.82) is 0 Å². The molecule has 6 heteroatoms. The van der Waals surface area contributed by atoms with Crippen molar-refractivity contribution in [3.63, 3.8) is 0 Å². The number of carbonyl (C=O) groups excluding carboxylic acids is 1. The molecule has 0 spiro atoms. The first-order chi connectivity index (χ1) is 14.9. The van der Waals surface area contributed by atoms with Gasteiger partial charge in [0.1, 0.15) is 0 Å². The Bertz CT molecular complexity index is 1020. The van der Waals surface area contributed by atoms with Crippen LogP contribution < -0.4 is 20.1 Å². The first-order valence-electron chi connectivity index (χ1n) is 10.2. The van der Waals surface area contributed by atoms with Crippen LogP contribution >= 0.6 is 15.9 Å². The highest BCUT2D eigenvalue weighted by Gasteiger charge is 2.14. The Kier molecular flexibility index (Phi) is 7.95. The first kappa shape index (κ1) is 22.7. The smallest absolute Gasteiger partial charge is 0.262 e. The third-order valence-corrected chi connectivity index (χ3v) is 5.19. The second kappa shape index (κ2) is 10.9. The molecule has 0 bridgehead atoms. The highest BCUT2D eigenvalue weighted by Crippen LogP contribution is 2.37. The number of halogens is 1. The third kappa shape index (κ3) is 6.76. The molecule has 3 rings (SSSR count). The summed E-state index contributed by atoms with van der Waals surface area (Å²) < 4.78 is 12.3. The summed E-state index contributed by atoms with van der Waals surface area (Å²) in [4.78, 5) is 12.3. The zero-order chi connectivity index (χ0) is 22.2. The van der Waals surface area contributed by atoms with Gasteiger partial charge in [-0.15, -0.1) is 0 Å². The van der Waals surface area contributed by atoms with Gasteiger partial charge in [-0.1, -0.05) is 35.4 Å². The number of rotatable bonds is 9. The summed E-state index contributed by atoms with van der Waals surface area (Å²) in [6.45, 7) is 6.99. The van der Waals surface area contributed by atoms with Crippen LogP contribution in [0, 0.1) is 13.8 Å². The standard InChI is InChI=1S/C25H27BrN2O3/c1-4-30-23-14-19(15-27-20-9-5-17(2)6-10-20)13-22(26)25(23)31-16-24(29)28-21-11-7-18(3)8-12-21/h5-14,27H,4,15-16H2,1-3H3,(H,28,29). The fourth-order valence-electron chi connectivity index (χ4n) is 2.97. The Balaban J connectivity index is 1.65. The van der Waals surface area contributed by atoms with E-state index in [0.717, 1.165) is 27.0 Å². The maximum Gasteiger partial charge on any atom is 0.262 e. The summed E-state index contributed by atoms with van der Waals surface area (Å²) in [6, 6.07) is 19.8. The summed E-state index contributed by atoms with van der Waals surface area (Å²) in [5.74, 6) is 0.879. The minimum Gasteiger partial charge on any atom is -0.490 e. The molecular weight excluding hydrogens is 456 g/mol. The van der Waals surface area contributed by atoms with E-state index in [-0.39, 0.29) is 12.5 Å². The van der Waals surface area contributed by atoms with E-state index in [4.69, 9.17) is 9.47 Å². The molecule has 0 unspecified atom stereocenters. The molecule has 0 radical (unpaired) electrons. The van der Waals surface area contributed by atoms with E-state index in [0.29, 0.717) is 24.7 Å². The predicted molar refractivity (Wildman–Crippen MR) is 129 cm³/mol. The Labute approximate surface area is 191 Å². The van der Waals surface area contributed by atoms with Crippen LogP contribution in [-0.2, 0) is 11.3 Å². The summed E-state index contributed by atoms with van der Waals surface area (Å²) in [6.07, 6.45) is 0. The molecule has 0 saturated carbocycles. The minimum atomic E-state index is -0.233. The highest BCUT2D eigenvalue weighted by molar-refractivity contribution is 9.10. The van der Waals surface area contributed by atoms with Gasteiger partial charge in [0.2, 0.25) is 0 Å². The van der Waals surface area contributed by atoms with E-state index in [2.05, 4.69) is 57.8 Å². The lowest BCUT2D eigenvalue weighted by molar-refractivity contribution is -0.118. The molecule has 0 aliphatic heterocycles. The van der Waals surface area contributed by atoms with Gasteiger partial charge in [0.25, 0.3) is 5.91 Å². The molecule has 0 atom stereocenters. The monoisotopic (exact) mass is 482 g/mol. The van der Waals surface area contributed by atoms with Gasteiger partial charge >= 0.3 is 0 Å². The summed E-state index contributed by atoms with van der Waals surface area (Å²) >= 11 is 3.56. The largest absolute Gasteiger partial charge is 0.490 e.